The normalized spacial score (nSPS) is 10.6. The summed E-state index contributed by atoms with van der Waals surface area (Å²) in [6, 6.07) is 0. The number of aliphatic carboxylic acids is 1. The number of carboxylic acid groups (broad SMARTS) is 1. The molecule has 0 radical (unpaired) electrons. The molecule has 66 valence electrons. The Balaban J connectivity index is 2.70. The molecule has 0 amide bonds. The van der Waals surface area contributed by atoms with Gasteiger partial charge in [-0.05, 0) is 0 Å². The number of hydrogen-bond acceptors (Lipinski definition) is 3. The molecule has 5 heteroatoms. The van der Waals surface area contributed by atoms with E-state index in [9.17, 15) is 4.79 Å². The first-order valence-electron chi connectivity index (χ1n) is 3.70. The average Bonchev–Trinajstić information content (AvgIpc) is 2.34. The summed E-state index contributed by atoms with van der Waals surface area (Å²) < 4.78 is 1.32. The molecule has 0 aliphatic carbocycles. The number of hydrogen-bond donors (Lipinski definition) is 1. The number of nitrogens with zero attached hydrogens (tertiary/aromatic N) is 3. The van der Waals surface area contributed by atoms with Gasteiger partial charge in [0.05, 0.1) is 0 Å². The number of aromatic nitrogens is 3. The van der Waals surface area contributed by atoms with E-state index >= 15 is 0 Å². The van der Waals surface area contributed by atoms with Crippen LogP contribution in [0.3, 0.4) is 0 Å². The van der Waals surface area contributed by atoms with Crippen molar-refractivity contribution in [2.75, 3.05) is 0 Å². The van der Waals surface area contributed by atoms with Gasteiger partial charge in [-0.1, -0.05) is 13.8 Å². The molecule has 0 aromatic carbocycles. The highest BCUT2D eigenvalue weighted by Crippen LogP contribution is 2.06. The quantitative estimate of drug-likeness (QED) is 0.714. The molecular weight excluding hydrogens is 158 g/mol. The van der Waals surface area contributed by atoms with E-state index in [2.05, 4.69) is 10.1 Å². The third-order valence-corrected chi connectivity index (χ3v) is 1.37. The Hall–Kier alpha value is -1.39. The number of carboxylic acids is 1. The number of carbonyl (C=O) groups is 1. The van der Waals surface area contributed by atoms with Crippen molar-refractivity contribution >= 4 is 5.97 Å². The van der Waals surface area contributed by atoms with Crippen molar-refractivity contribution in [3.8, 4) is 0 Å². The van der Waals surface area contributed by atoms with Crippen LogP contribution >= 0.6 is 0 Å². The second-order valence-electron chi connectivity index (χ2n) is 2.85. The zero-order valence-corrected chi connectivity index (χ0v) is 7.06. The first kappa shape index (κ1) is 8.70. The van der Waals surface area contributed by atoms with E-state index in [0.717, 1.165) is 0 Å². The van der Waals surface area contributed by atoms with E-state index in [1.807, 2.05) is 13.8 Å². The molecule has 0 aliphatic heterocycles. The lowest BCUT2D eigenvalue weighted by Crippen LogP contribution is -2.09. The fraction of sp³-hybridized carbons (Fsp3) is 0.571. The van der Waals surface area contributed by atoms with Crippen molar-refractivity contribution in [2.24, 2.45) is 0 Å². The fourth-order valence-electron chi connectivity index (χ4n) is 0.788. The molecule has 1 heterocycles. The summed E-state index contributed by atoms with van der Waals surface area (Å²) in [5.41, 5.74) is 0. The summed E-state index contributed by atoms with van der Waals surface area (Å²) in [6.07, 6.45) is 1.43. The SMILES string of the molecule is CC(C)c1ncn(CC(=O)O)n1. The summed E-state index contributed by atoms with van der Waals surface area (Å²) in [4.78, 5) is 14.2. The van der Waals surface area contributed by atoms with Gasteiger partial charge >= 0.3 is 5.97 Å². The zero-order valence-electron chi connectivity index (χ0n) is 7.06. The summed E-state index contributed by atoms with van der Waals surface area (Å²) in [7, 11) is 0. The molecule has 0 saturated carbocycles. The van der Waals surface area contributed by atoms with Crippen molar-refractivity contribution in [3.63, 3.8) is 0 Å². The molecule has 0 unspecified atom stereocenters. The van der Waals surface area contributed by atoms with Crippen LogP contribution in [0.5, 0.6) is 0 Å². The smallest absolute Gasteiger partial charge is 0.325 e. The van der Waals surface area contributed by atoms with Crippen molar-refractivity contribution in [2.45, 2.75) is 26.3 Å². The highest BCUT2D eigenvalue weighted by molar-refractivity contribution is 5.66. The van der Waals surface area contributed by atoms with Crippen LogP contribution in [-0.2, 0) is 11.3 Å². The summed E-state index contributed by atoms with van der Waals surface area (Å²) in [6.45, 7) is 3.79. The lowest BCUT2D eigenvalue weighted by atomic mass is 10.2. The van der Waals surface area contributed by atoms with Gasteiger partial charge in [-0.2, -0.15) is 5.10 Å². The molecule has 0 bridgehead atoms. The molecule has 1 N–H and O–H groups in total. The van der Waals surface area contributed by atoms with Gasteiger partial charge in [-0.3, -0.25) is 4.79 Å². The molecule has 1 rings (SSSR count). The second-order valence-corrected chi connectivity index (χ2v) is 2.85. The first-order valence-corrected chi connectivity index (χ1v) is 3.70. The maximum atomic E-state index is 10.3. The highest BCUT2D eigenvalue weighted by Gasteiger charge is 2.06. The highest BCUT2D eigenvalue weighted by atomic mass is 16.4. The first-order chi connectivity index (χ1) is 5.59. The van der Waals surface area contributed by atoms with E-state index in [4.69, 9.17) is 5.11 Å². The Bertz CT molecular complexity index is 280. The Kier molecular flexibility index (Phi) is 2.42. The lowest BCUT2D eigenvalue weighted by molar-refractivity contribution is -0.137. The van der Waals surface area contributed by atoms with Gasteiger partial charge < -0.3 is 5.11 Å². The van der Waals surface area contributed by atoms with E-state index in [1.54, 1.807) is 0 Å². The van der Waals surface area contributed by atoms with Crippen LogP contribution in [0.4, 0.5) is 0 Å². The molecule has 5 nitrogen and oxygen atoms in total. The van der Waals surface area contributed by atoms with Gasteiger partial charge in [0, 0.05) is 5.92 Å². The van der Waals surface area contributed by atoms with Gasteiger partial charge in [-0.15, -0.1) is 0 Å². The average molecular weight is 169 g/mol. The zero-order chi connectivity index (χ0) is 9.14. The van der Waals surface area contributed by atoms with E-state index in [0.29, 0.717) is 5.82 Å². The van der Waals surface area contributed by atoms with Gasteiger partial charge in [0.15, 0.2) is 5.82 Å². The van der Waals surface area contributed by atoms with E-state index in [-0.39, 0.29) is 12.5 Å². The predicted molar refractivity (Wildman–Crippen MR) is 41.7 cm³/mol. The number of rotatable bonds is 3. The van der Waals surface area contributed by atoms with Gasteiger partial charge in [0.25, 0.3) is 0 Å². The maximum Gasteiger partial charge on any atom is 0.325 e. The monoisotopic (exact) mass is 169 g/mol. The van der Waals surface area contributed by atoms with Gasteiger partial charge in [0.1, 0.15) is 12.9 Å². The Morgan fingerprint density at radius 3 is 2.83 bits per heavy atom. The molecule has 0 spiro atoms. The van der Waals surface area contributed by atoms with Gasteiger partial charge in [0.2, 0.25) is 0 Å². The minimum absolute atomic E-state index is 0.125. The molecule has 0 aliphatic rings. The predicted octanol–water partition coefficient (Wildman–Crippen LogP) is 0.486. The molecule has 0 atom stereocenters. The van der Waals surface area contributed by atoms with Crippen molar-refractivity contribution in [1.29, 1.82) is 0 Å². The Labute approximate surface area is 70.0 Å². The van der Waals surface area contributed by atoms with Crippen LogP contribution in [0.2, 0.25) is 0 Å². The van der Waals surface area contributed by atoms with E-state index < -0.39 is 5.97 Å². The molecule has 0 fully saturated rings. The van der Waals surface area contributed by atoms with Crippen molar-refractivity contribution in [3.05, 3.63) is 12.2 Å². The topological polar surface area (TPSA) is 68.0 Å². The second kappa shape index (κ2) is 3.34. The minimum atomic E-state index is -0.907. The van der Waals surface area contributed by atoms with E-state index in [1.165, 1.54) is 11.0 Å². The third-order valence-electron chi connectivity index (χ3n) is 1.37. The van der Waals surface area contributed by atoms with Crippen LogP contribution in [0.25, 0.3) is 0 Å². The van der Waals surface area contributed by atoms with Gasteiger partial charge in [-0.25, -0.2) is 9.67 Å². The molecular formula is C7H11N3O2. The molecule has 1 aromatic heterocycles. The minimum Gasteiger partial charge on any atom is -0.480 e. The van der Waals surface area contributed by atoms with Crippen LogP contribution in [0.1, 0.15) is 25.6 Å². The standard InChI is InChI=1S/C7H11N3O2/c1-5(2)7-8-4-10(9-7)3-6(11)12/h4-5H,3H2,1-2H3,(H,11,12). The fourth-order valence-corrected chi connectivity index (χ4v) is 0.788. The molecule has 0 saturated heterocycles. The van der Waals surface area contributed by atoms with Crippen molar-refractivity contribution in [1.82, 2.24) is 14.8 Å². The molecule has 12 heavy (non-hydrogen) atoms. The molecule has 1 aromatic rings. The third kappa shape index (κ3) is 2.05. The summed E-state index contributed by atoms with van der Waals surface area (Å²) in [5.74, 6) is 0.00602. The van der Waals surface area contributed by atoms with Crippen molar-refractivity contribution < 1.29 is 9.90 Å². The van der Waals surface area contributed by atoms with Crippen LogP contribution < -0.4 is 0 Å². The van der Waals surface area contributed by atoms with Crippen LogP contribution in [-0.4, -0.2) is 25.8 Å². The Morgan fingerprint density at radius 1 is 1.75 bits per heavy atom. The van der Waals surface area contributed by atoms with Crippen LogP contribution in [0.15, 0.2) is 6.33 Å². The van der Waals surface area contributed by atoms with Crippen LogP contribution in [0, 0.1) is 0 Å². The lowest BCUT2D eigenvalue weighted by Gasteiger charge is -1.95. The summed E-state index contributed by atoms with van der Waals surface area (Å²) in [5, 5.41) is 12.4. The summed E-state index contributed by atoms with van der Waals surface area (Å²) >= 11 is 0. The Morgan fingerprint density at radius 2 is 2.42 bits per heavy atom. The maximum absolute atomic E-state index is 10.3. The largest absolute Gasteiger partial charge is 0.480 e.